The van der Waals surface area contributed by atoms with Crippen LogP contribution in [-0.4, -0.2) is 35.0 Å². The van der Waals surface area contributed by atoms with Gasteiger partial charge in [0.15, 0.2) is 0 Å². The lowest BCUT2D eigenvalue weighted by Gasteiger charge is -2.45. The normalized spacial score (nSPS) is 19.1. The Morgan fingerprint density at radius 3 is 2.21 bits per heavy atom. The molecule has 146 valence electrons. The molecule has 28 heavy (non-hydrogen) atoms. The van der Waals surface area contributed by atoms with Crippen molar-refractivity contribution >= 4 is 11.9 Å². The molecule has 0 atom stereocenters. The number of carboxylic acids is 1. The second-order valence-electron chi connectivity index (χ2n) is 8.20. The van der Waals surface area contributed by atoms with E-state index in [9.17, 15) is 14.7 Å². The van der Waals surface area contributed by atoms with Gasteiger partial charge in [0.25, 0.3) is 0 Å². The molecule has 2 aromatic carbocycles. The Balaban J connectivity index is 1.41. The number of rotatable bonds is 5. The zero-order valence-electron chi connectivity index (χ0n) is 16.1. The summed E-state index contributed by atoms with van der Waals surface area (Å²) in [7, 11) is 0. The van der Waals surface area contributed by atoms with Gasteiger partial charge in [-0.25, -0.2) is 4.79 Å². The van der Waals surface area contributed by atoms with Gasteiger partial charge in [-0.3, -0.25) is 4.79 Å². The number of hydrogen-bond acceptors (Lipinski definition) is 2. The lowest BCUT2D eigenvalue weighted by molar-refractivity contribution is -0.142. The van der Waals surface area contributed by atoms with Crippen molar-refractivity contribution in [2.45, 2.75) is 43.9 Å². The molecule has 0 unspecified atom stereocenters. The Kier molecular flexibility index (Phi) is 5.21. The zero-order chi connectivity index (χ0) is 19.6. The molecule has 2 aromatic rings. The van der Waals surface area contributed by atoms with Crippen LogP contribution >= 0.6 is 0 Å². The minimum atomic E-state index is -0.863. The number of hydrogen-bond donors (Lipinski definition) is 1. The van der Waals surface area contributed by atoms with Crippen LogP contribution in [0, 0.1) is 5.92 Å². The Morgan fingerprint density at radius 1 is 0.964 bits per heavy atom. The first-order chi connectivity index (χ1) is 13.6. The standard InChI is InChI=1S/C24H27NO3/c26-22(27)21-10-5-4-7-19(21)17-18-11-15-25(16-12-18)23(28)24(13-6-14-24)20-8-2-1-3-9-20/h1-5,7-10,18H,6,11-17H2,(H,26,27). The molecular formula is C24H27NO3. The Labute approximate surface area is 166 Å². The second-order valence-corrected chi connectivity index (χ2v) is 8.20. The average Bonchev–Trinajstić information content (AvgIpc) is 2.69. The first kappa shape index (κ1) is 18.7. The fourth-order valence-electron chi connectivity index (χ4n) is 4.77. The number of piperidine rings is 1. The van der Waals surface area contributed by atoms with Crippen molar-refractivity contribution < 1.29 is 14.7 Å². The van der Waals surface area contributed by atoms with Gasteiger partial charge in [0, 0.05) is 13.1 Å². The summed E-state index contributed by atoms with van der Waals surface area (Å²) in [5.41, 5.74) is 2.14. The van der Waals surface area contributed by atoms with E-state index in [1.807, 2.05) is 35.2 Å². The van der Waals surface area contributed by atoms with Crippen LogP contribution in [0.3, 0.4) is 0 Å². The highest BCUT2D eigenvalue weighted by atomic mass is 16.4. The van der Waals surface area contributed by atoms with Crippen molar-refractivity contribution in [3.63, 3.8) is 0 Å². The molecule has 1 aliphatic heterocycles. The predicted octanol–water partition coefficient (Wildman–Crippen LogP) is 4.29. The molecule has 4 nitrogen and oxygen atoms in total. The molecule has 0 radical (unpaired) electrons. The number of nitrogens with zero attached hydrogens (tertiary/aromatic N) is 1. The summed E-state index contributed by atoms with van der Waals surface area (Å²) in [5.74, 6) is -0.147. The van der Waals surface area contributed by atoms with Crippen molar-refractivity contribution in [3.05, 3.63) is 71.3 Å². The maximum absolute atomic E-state index is 13.4. The van der Waals surface area contributed by atoms with E-state index in [0.717, 1.165) is 62.7 Å². The molecule has 1 saturated carbocycles. The molecule has 4 heteroatoms. The molecule has 1 N–H and O–H groups in total. The number of amides is 1. The van der Waals surface area contributed by atoms with Crippen molar-refractivity contribution in [1.29, 1.82) is 0 Å². The summed E-state index contributed by atoms with van der Waals surface area (Å²) in [5, 5.41) is 9.39. The molecule has 2 fully saturated rings. The highest BCUT2D eigenvalue weighted by Gasteiger charge is 2.47. The van der Waals surface area contributed by atoms with Gasteiger partial charge in [0.05, 0.1) is 11.0 Å². The molecule has 1 aliphatic carbocycles. The summed E-state index contributed by atoms with van der Waals surface area (Å²) < 4.78 is 0. The van der Waals surface area contributed by atoms with Crippen LogP contribution < -0.4 is 0 Å². The van der Waals surface area contributed by atoms with E-state index in [1.165, 1.54) is 0 Å². The fraction of sp³-hybridized carbons (Fsp3) is 0.417. The highest BCUT2D eigenvalue weighted by Crippen LogP contribution is 2.45. The van der Waals surface area contributed by atoms with Gasteiger partial charge in [0.2, 0.25) is 5.91 Å². The summed E-state index contributed by atoms with van der Waals surface area (Å²) in [6.07, 6.45) is 5.65. The molecule has 0 bridgehead atoms. The maximum atomic E-state index is 13.4. The van der Waals surface area contributed by atoms with Gasteiger partial charge < -0.3 is 10.0 Å². The first-order valence-corrected chi connectivity index (χ1v) is 10.3. The molecule has 1 saturated heterocycles. The van der Waals surface area contributed by atoms with Gasteiger partial charge in [-0.15, -0.1) is 0 Å². The minimum absolute atomic E-state index is 0.286. The maximum Gasteiger partial charge on any atom is 0.335 e. The van der Waals surface area contributed by atoms with Crippen molar-refractivity contribution in [2.24, 2.45) is 5.92 Å². The third-order valence-electron chi connectivity index (χ3n) is 6.60. The van der Waals surface area contributed by atoms with Gasteiger partial charge in [-0.1, -0.05) is 55.0 Å². The number of aromatic carboxylic acids is 1. The topological polar surface area (TPSA) is 57.6 Å². The van der Waals surface area contributed by atoms with E-state index >= 15 is 0 Å². The predicted molar refractivity (Wildman–Crippen MR) is 108 cm³/mol. The largest absolute Gasteiger partial charge is 0.478 e. The average molecular weight is 377 g/mol. The number of carbonyl (C=O) groups is 2. The fourth-order valence-corrected chi connectivity index (χ4v) is 4.77. The van der Waals surface area contributed by atoms with Gasteiger partial charge in [0.1, 0.15) is 0 Å². The van der Waals surface area contributed by atoms with E-state index in [1.54, 1.807) is 12.1 Å². The summed E-state index contributed by atoms with van der Waals surface area (Å²) in [6, 6.07) is 17.5. The van der Waals surface area contributed by atoms with Gasteiger partial charge in [-0.2, -0.15) is 0 Å². The lowest BCUT2D eigenvalue weighted by atomic mass is 9.63. The van der Waals surface area contributed by atoms with Gasteiger partial charge >= 0.3 is 5.97 Å². The van der Waals surface area contributed by atoms with Crippen LogP contribution in [0.4, 0.5) is 0 Å². The van der Waals surface area contributed by atoms with Crippen LogP contribution in [0.25, 0.3) is 0 Å². The summed E-state index contributed by atoms with van der Waals surface area (Å²) >= 11 is 0. The zero-order valence-corrected chi connectivity index (χ0v) is 16.1. The van der Waals surface area contributed by atoms with Crippen LogP contribution in [0.2, 0.25) is 0 Å². The third-order valence-corrected chi connectivity index (χ3v) is 6.60. The molecule has 4 rings (SSSR count). The van der Waals surface area contributed by atoms with E-state index in [0.29, 0.717) is 11.5 Å². The molecule has 1 amide bonds. The van der Waals surface area contributed by atoms with Crippen LogP contribution in [-0.2, 0) is 16.6 Å². The Bertz CT molecular complexity index is 849. The molecule has 0 aromatic heterocycles. The van der Waals surface area contributed by atoms with Crippen LogP contribution in [0.1, 0.15) is 53.6 Å². The van der Waals surface area contributed by atoms with E-state index in [2.05, 4.69) is 12.1 Å². The van der Waals surface area contributed by atoms with E-state index in [4.69, 9.17) is 0 Å². The Morgan fingerprint density at radius 2 is 1.61 bits per heavy atom. The highest BCUT2D eigenvalue weighted by molar-refractivity contribution is 5.90. The second kappa shape index (κ2) is 7.78. The van der Waals surface area contributed by atoms with Crippen LogP contribution in [0.5, 0.6) is 0 Å². The smallest absolute Gasteiger partial charge is 0.335 e. The number of likely N-dealkylation sites (tertiary alicyclic amines) is 1. The number of carbonyl (C=O) groups excluding carboxylic acids is 1. The quantitative estimate of drug-likeness (QED) is 0.846. The number of benzene rings is 2. The van der Waals surface area contributed by atoms with E-state index < -0.39 is 5.97 Å². The molecule has 0 spiro atoms. The molecule has 2 aliphatic rings. The molecule has 1 heterocycles. The van der Waals surface area contributed by atoms with Gasteiger partial charge in [-0.05, 0) is 55.2 Å². The minimum Gasteiger partial charge on any atom is -0.478 e. The molecular weight excluding hydrogens is 350 g/mol. The van der Waals surface area contributed by atoms with Crippen molar-refractivity contribution in [3.8, 4) is 0 Å². The SMILES string of the molecule is O=C(O)c1ccccc1CC1CCN(C(=O)C2(c3ccccc3)CCC2)CC1. The van der Waals surface area contributed by atoms with Crippen molar-refractivity contribution in [1.82, 2.24) is 4.90 Å². The Hall–Kier alpha value is -2.62. The summed E-state index contributed by atoms with van der Waals surface area (Å²) in [6.45, 7) is 1.54. The third kappa shape index (κ3) is 3.44. The number of carboxylic acid groups (broad SMARTS) is 1. The monoisotopic (exact) mass is 377 g/mol. The van der Waals surface area contributed by atoms with E-state index in [-0.39, 0.29) is 11.3 Å². The first-order valence-electron chi connectivity index (χ1n) is 10.3. The van der Waals surface area contributed by atoms with Crippen LogP contribution in [0.15, 0.2) is 54.6 Å². The summed E-state index contributed by atoms with van der Waals surface area (Å²) in [4.78, 5) is 26.8. The van der Waals surface area contributed by atoms with Crippen molar-refractivity contribution in [2.75, 3.05) is 13.1 Å². The lowest BCUT2D eigenvalue weighted by Crippen LogP contribution is -2.53.